The highest BCUT2D eigenvalue weighted by Crippen LogP contribution is 2.28. The lowest BCUT2D eigenvalue weighted by atomic mass is 9.84. The van der Waals surface area contributed by atoms with Gasteiger partial charge in [0, 0.05) is 5.92 Å². The summed E-state index contributed by atoms with van der Waals surface area (Å²) in [5.74, 6) is -1.50. The van der Waals surface area contributed by atoms with E-state index in [1.165, 1.54) is 24.3 Å². The summed E-state index contributed by atoms with van der Waals surface area (Å²) < 4.78 is 12.9. The number of rotatable bonds is 5. The zero-order valence-electron chi connectivity index (χ0n) is 10.4. The van der Waals surface area contributed by atoms with Crippen LogP contribution in [0, 0.1) is 11.7 Å². The summed E-state index contributed by atoms with van der Waals surface area (Å²) >= 11 is 0. The van der Waals surface area contributed by atoms with Gasteiger partial charge in [-0.3, -0.25) is 9.59 Å². The smallest absolute Gasteiger partial charge is 0.305 e. The standard InChI is InChI=1S/C14H16FNO3/c15-11-6-4-9(5-7-11)12(8-13(17)18)16-14(19)10-2-1-3-10/h4-7,10,12H,1-3,8H2,(H,16,19)(H,17,18)/t12-/m1/s1. The van der Waals surface area contributed by atoms with Crippen LogP contribution in [-0.4, -0.2) is 17.0 Å². The van der Waals surface area contributed by atoms with Gasteiger partial charge in [0.15, 0.2) is 0 Å². The number of amides is 1. The Bertz CT molecular complexity index is 468. The minimum Gasteiger partial charge on any atom is -0.481 e. The molecule has 1 aliphatic carbocycles. The average Bonchev–Trinajstić information content (AvgIpc) is 2.26. The van der Waals surface area contributed by atoms with Crippen LogP contribution in [-0.2, 0) is 9.59 Å². The summed E-state index contributed by atoms with van der Waals surface area (Å²) in [4.78, 5) is 22.7. The Morgan fingerprint density at radius 1 is 1.32 bits per heavy atom. The topological polar surface area (TPSA) is 66.4 Å². The Morgan fingerprint density at radius 2 is 1.95 bits per heavy atom. The van der Waals surface area contributed by atoms with Gasteiger partial charge in [-0.05, 0) is 30.5 Å². The fraction of sp³-hybridized carbons (Fsp3) is 0.429. The van der Waals surface area contributed by atoms with Crippen molar-refractivity contribution >= 4 is 11.9 Å². The van der Waals surface area contributed by atoms with Crippen LogP contribution in [0.1, 0.15) is 37.3 Å². The van der Waals surface area contributed by atoms with Crippen LogP contribution in [0.5, 0.6) is 0 Å². The van der Waals surface area contributed by atoms with E-state index < -0.39 is 12.0 Å². The van der Waals surface area contributed by atoms with E-state index in [4.69, 9.17) is 5.11 Å². The van der Waals surface area contributed by atoms with Gasteiger partial charge in [0.25, 0.3) is 0 Å². The molecule has 0 radical (unpaired) electrons. The van der Waals surface area contributed by atoms with Crippen LogP contribution in [0.15, 0.2) is 24.3 Å². The first-order valence-electron chi connectivity index (χ1n) is 6.34. The van der Waals surface area contributed by atoms with Crippen molar-refractivity contribution in [3.8, 4) is 0 Å². The van der Waals surface area contributed by atoms with Crippen LogP contribution in [0.25, 0.3) is 0 Å². The lowest BCUT2D eigenvalue weighted by Gasteiger charge is -2.27. The van der Waals surface area contributed by atoms with Gasteiger partial charge < -0.3 is 10.4 Å². The molecule has 19 heavy (non-hydrogen) atoms. The van der Waals surface area contributed by atoms with E-state index in [2.05, 4.69) is 5.32 Å². The summed E-state index contributed by atoms with van der Waals surface area (Å²) in [6.45, 7) is 0. The second kappa shape index (κ2) is 5.82. The zero-order chi connectivity index (χ0) is 13.8. The number of hydrogen-bond donors (Lipinski definition) is 2. The molecule has 1 aromatic carbocycles. The molecule has 0 spiro atoms. The first kappa shape index (κ1) is 13.5. The van der Waals surface area contributed by atoms with Crippen LogP contribution in [0.3, 0.4) is 0 Å². The van der Waals surface area contributed by atoms with Gasteiger partial charge >= 0.3 is 5.97 Å². The monoisotopic (exact) mass is 265 g/mol. The molecule has 5 heteroatoms. The van der Waals surface area contributed by atoms with Crippen molar-refractivity contribution in [2.24, 2.45) is 5.92 Å². The summed E-state index contributed by atoms with van der Waals surface area (Å²) in [5, 5.41) is 11.6. The normalized spacial score (nSPS) is 16.5. The molecule has 1 atom stereocenters. The lowest BCUT2D eigenvalue weighted by Crippen LogP contribution is -2.37. The molecule has 0 aromatic heterocycles. The molecule has 4 nitrogen and oxygen atoms in total. The first-order chi connectivity index (χ1) is 9.06. The number of hydrogen-bond acceptors (Lipinski definition) is 2. The molecule has 0 aliphatic heterocycles. The fourth-order valence-corrected chi connectivity index (χ4v) is 2.08. The maximum Gasteiger partial charge on any atom is 0.305 e. The second-order valence-electron chi connectivity index (χ2n) is 4.84. The second-order valence-corrected chi connectivity index (χ2v) is 4.84. The molecule has 0 saturated heterocycles. The number of benzene rings is 1. The number of carbonyl (C=O) groups is 2. The predicted molar refractivity (Wildman–Crippen MR) is 66.9 cm³/mol. The fourth-order valence-electron chi connectivity index (χ4n) is 2.08. The van der Waals surface area contributed by atoms with E-state index in [9.17, 15) is 14.0 Å². The summed E-state index contributed by atoms with van der Waals surface area (Å²) in [7, 11) is 0. The third-order valence-corrected chi connectivity index (χ3v) is 3.44. The predicted octanol–water partition coefficient (Wildman–Crippen LogP) is 2.26. The van der Waals surface area contributed by atoms with Crippen molar-refractivity contribution in [2.45, 2.75) is 31.7 Å². The Balaban J connectivity index is 2.08. The Hall–Kier alpha value is -1.91. The van der Waals surface area contributed by atoms with E-state index in [1.807, 2.05) is 0 Å². The Labute approximate surface area is 110 Å². The third kappa shape index (κ3) is 3.53. The molecule has 1 aromatic rings. The average molecular weight is 265 g/mol. The molecular weight excluding hydrogens is 249 g/mol. The van der Waals surface area contributed by atoms with Crippen molar-refractivity contribution in [1.82, 2.24) is 5.32 Å². The Morgan fingerprint density at radius 3 is 2.42 bits per heavy atom. The molecule has 0 heterocycles. The highest BCUT2D eigenvalue weighted by Gasteiger charge is 2.28. The molecule has 2 rings (SSSR count). The summed E-state index contributed by atoms with van der Waals surface area (Å²) in [6, 6.07) is 4.93. The van der Waals surface area contributed by atoms with Gasteiger partial charge in [0.05, 0.1) is 12.5 Å². The molecule has 2 N–H and O–H groups in total. The van der Waals surface area contributed by atoms with Gasteiger partial charge in [0.2, 0.25) is 5.91 Å². The Kier molecular flexibility index (Phi) is 4.14. The number of nitrogens with one attached hydrogen (secondary N) is 1. The number of carboxylic acid groups (broad SMARTS) is 1. The van der Waals surface area contributed by atoms with E-state index in [0.717, 1.165) is 19.3 Å². The van der Waals surface area contributed by atoms with Gasteiger partial charge in [0.1, 0.15) is 5.82 Å². The molecule has 1 aliphatic rings. The minimum atomic E-state index is -0.997. The largest absolute Gasteiger partial charge is 0.481 e. The highest BCUT2D eigenvalue weighted by molar-refractivity contribution is 5.80. The van der Waals surface area contributed by atoms with Crippen molar-refractivity contribution in [2.75, 3.05) is 0 Å². The van der Waals surface area contributed by atoms with Gasteiger partial charge in [-0.25, -0.2) is 4.39 Å². The van der Waals surface area contributed by atoms with Crippen molar-refractivity contribution in [3.05, 3.63) is 35.6 Å². The maximum absolute atomic E-state index is 12.9. The number of carbonyl (C=O) groups excluding carboxylic acids is 1. The lowest BCUT2D eigenvalue weighted by molar-refractivity contribution is -0.138. The molecular formula is C14H16FNO3. The quantitative estimate of drug-likeness (QED) is 0.858. The van der Waals surface area contributed by atoms with Crippen molar-refractivity contribution in [3.63, 3.8) is 0 Å². The van der Waals surface area contributed by atoms with E-state index in [1.54, 1.807) is 0 Å². The summed E-state index contributed by atoms with van der Waals surface area (Å²) in [5.41, 5.74) is 0.608. The minimum absolute atomic E-state index is 0.00302. The van der Waals surface area contributed by atoms with Crippen LogP contribution < -0.4 is 5.32 Å². The molecule has 1 saturated carbocycles. The van der Waals surface area contributed by atoms with E-state index in [0.29, 0.717) is 5.56 Å². The van der Waals surface area contributed by atoms with E-state index >= 15 is 0 Å². The van der Waals surface area contributed by atoms with E-state index in [-0.39, 0.29) is 24.1 Å². The molecule has 1 amide bonds. The van der Waals surface area contributed by atoms with Crippen LogP contribution in [0.2, 0.25) is 0 Å². The SMILES string of the molecule is O=C(O)C[C@@H](NC(=O)C1CCC1)c1ccc(F)cc1. The van der Waals surface area contributed by atoms with Crippen LogP contribution in [0.4, 0.5) is 4.39 Å². The third-order valence-electron chi connectivity index (χ3n) is 3.44. The number of halogens is 1. The van der Waals surface area contributed by atoms with Crippen molar-refractivity contribution < 1.29 is 19.1 Å². The van der Waals surface area contributed by atoms with Gasteiger partial charge in [-0.15, -0.1) is 0 Å². The van der Waals surface area contributed by atoms with Crippen LogP contribution >= 0.6 is 0 Å². The molecule has 102 valence electrons. The number of aliphatic carboxylic acids is 1. The first-order valence-corrected chi connectivity index (χ1v) is 6.34. The highest BCUT2D eigenvalue weighted by atomic mass is 19.1. The molecule has 0 bridgehead atoms. The van der Waals surface area contributed by atoms with Gasteiger partial charge in [-0.2, -0.15) is 0 Å². The maximum atomic E-state index is 12.9. The summed E-state index contributed by atoms with van der Waals surface area (Å²) in [6.07, 6.45) is 2.55. The molecule has 0 unspecified atom stereocenters. The van der Waals surface area contributed by atoms with Crippen molar-refractivity contribution in [1.29, 1.82) is 0 Å². The van der Waals surface area contributed by atoms with Gasteiger partial charge in [-0.1, -0.05) is 18.6 Å². The zero-order valence-corrected chi connectivity index (χ0v) is 10.4. The number of carboxylic acids is 1. The molecule has 1 fully saturated rings.